The Balaban J connectivity index is -0.0000000741. The Labute approximate surface area is 99.8 Å². The molecular formula is C4H10NNbO11+. The van der Waals surface area contributed by atoms with E-state index in [9.17, 15) is 0 Å². The molecule has 12 nitrogen and oxygen atoms in total. The van der Waals surface area contributed by atoms with E-state index in [2.05, 4.69) is 0 Å². The van der Waals surface area contributed by atoms with E-state index < -0.39 is 43.1 Å². The average Bonchev–Trinajstić information content (AvgIpc) is 2.03. The second-order valence-electron chi connectivity index (χ2n) is 1.47. The van der Waals surface area contributed by atoms with Gasteiger partial charge in [-0.2, -0.15) is 0 Å². The van der Waals surface area contributed by atoms with Crippen LogP contribution in [-0.2, 0) is 41.6 Å². The Morgan fingerprint density at radius 2 is 0.706 bits per heavy atom. The standard InChI is InChI=1S/2C2H2O4.H3N.Nb.2H2O.O/c2*3-1(4)2(5)6;;;;;/h2*(H,3,4)(H,5,6);1H3;;2*1H2;/q;;;+2;;;/p-1. The van der Waals surface area contributed by atoms with Crippen molar-refractivity contribution >= 4 is 23.9 Å². The van der Waals surface area contributed by atoms with E-state index in [1.165, 1.54) is 0 Å². The summed E-state index contributed by atoms with van der Waals surface area (Å²) in [7, 11) is 0. The second-order valence-corrected chi connectivity index (χ2v) is 2.72. The van der Waals surface area contributed by atoms with Crippen molar-refractivity contribution in [3.05, 3.63) is 0 Å². The van der Waals surface area contributed by atoms with Gasteiger partial charge in [0, 0.05) is 0 Å². The number of carbonyl (C=O) groups is 4. The maximum atomic E-state index is 9.10. The Kier molecular flexibility index (Phi) is 20.6. The van der Waals surface area contributed by atoms with Gasteiger partial charge in [-0.1, -0.05) is 0 Å². The van der Waals surface area contributed by atoms with Gasteiger partial charge in [-0.25, -0.2) is 19.2 Å². The van der Waals surface area contributed by atoms with Crippen molar-refractivity contribution in [3.63, 3.8) is 0 Å². The fraction of sp³-hybridized carbons (Fsp3) is 0. The van der Waals surface area contributed by atoms with Crippen LogP contribution in [0.15, 0.2) is 0 Å². The molecule has 17 heavy (non-hydrogen) atoms. The quantitative estimate of drug-likeness (QED) is 0.178. The van der Waals surface area contributed by atoms with E-state index in [0.717, 1.165) is 0 Å². The van der Waals surface area contributed by atoms with Gasteiger partial charge >= 0.3 is 53.6 Å². The van der Waals surface area contributed by atoms with Crippen molar-refractivity contribution in [1.29, 1.82) is 0 Å². The zero-order valence-electron chi connectivity index (χ0n) is 8.17. The number of carboxylic acid groups (broad SMARTS) is 4. The summed E-state index contributed by atoms with van der Waals surface area (Å²) in [5.41, 5.74) is 0. The van der Waals surface area contributed by atoms with Gasteiger partial charge in [0.1, 0.15) is 0 Å². The Morgan fingerprint density at radius 3 is 0.706 bits per heavy atom. The number of aliphatic carboxylic acids is 4. The molecule has 0 atom stereocenters. The van der Waals surface area contributed by atoms with E-state index in [4.69, 9.17) is 50.1 Å². The molecule has 0 aromatic carbocycles. The first kappa shape index (κ1) is 24.5. The Hall–Kier alpha value is -1.70. The number of hydrogen-bond donors (Lipinski definition) is 7. The third-order valence-electron chi connectivity index (χ3n) is 0.366. The molecular weight excluding hydrogens is 331 g/mol. The van der Waals surface area contributed by atoms with Crippen molar-refractivity contribution in [1.82, 2.24) is 6.15 Å². The molecule has 0 aliphatic heterocycles. The Morgan fingerprint density at radius 1 is 0.647 bits per heavy atom. The monoisotopic (exact) mass is 341 g/mol. The minimum absolute atomic E-state index is 0. The summed E-state index contributed by atoms with van der Waals surface area (Å²) in [6, 6.07) is 0. The van der Waals surface area contributed by atoms with Crippen LogP contribution in [0, 0.1) is 0 Å². The molecule has 0 aromatic heterocycles. The number of quaternary nitrogens is 1. The van der Waals surface area contributed by atoms with Crippen LogP contribution in [0.5, 0.6) is 0 Å². The molecule has 13 heteroatoms. The van der Waals surface area contributed by atoms with E-state index in [0.29, 0.717) is 0 Å². The average molecular weight is 341 g/mol. The first-order valence-electron chi connectivity index (χ1n) is 2.79. The predicted octanol–water partition coefficient (Wildman–Crippen LogP) is -2.55. The number of hydrogen-bond acceptors (Lipinski definition) is 5. The molecule has 0 bridgehead atoms. The van der Waals surface area contributed by atoms with Crippen LogP contribution in [0.2, 0.25) is 0 Å². The zero-order chi connectivity index (χ0) is 13.9. The van der Waals surface area contributed by atoms with Crippen molar-refractivity contribution in [3.8, 4) is 0 Å². The first-order chi connectivity index (χ1) is 7.02. The molecule has 0 amide bonds. The summed E-state index contributed by atoms with van der Waals surface area (Å²) in [5.74, 6) is -7.30. The van der Waals surface area contributed by atoms with E-state index >= 15 is 0 Å². The van der Waals surface area contributed by atoms with Crippen molar-refractivity contribution < 1.29 is 69.3 Å². The Bertz CT molecular complexity index is 246. The summed E-state index contributed by atoms with van der Waals surface area (Å²) >= 11 is -3.70. The topological polar surface area (TPSA) is 243 Å². The SMILES string of the molecule is O=C(O)C(=O)O.O=C(O)C(=O)O.[NH4+].[O]=[Nb]([OH])[OH]. The van der Waals surface area contributed by atoms with Crippen molar-refractivity contribution in [2.24, 2.45) is 0 Å². The van der Waals surface area contributed by atoms with Crippen LogP contribution in [0.3, 0.4) is 0 Å². The molecule has 10 N–H and O–H groups in total. The maximum absolute atomic E-state index is 9.10. The molecule has 0 saturated carbocycles. The van der Waals surface area contributed by atoms with Crippen LogP contribution in [0.4, 0.5) is 0 Å². The van der Waals surface area contributed by atoms with Gasteiger partial charge in [0.05, 0.1) is 0 Å². The molecule has 0 spiro atoms. The van der Waals surface area contributed by atoms with Gasteiger partial charge in [-0.3, -0.25) is 0 Å². The summed E-state index contributed by atoms with van der Waals surface area (Å²) in [5, 5.41) is 29.6. The molecule has 0 aromatic rings. The van der Waals surface area contributed by atoms with Crippen LogP contribution >= 0.6 is 0 Å². The molecule has 0 saturated heterocycles. The van der Waals surface area contributed by atoms with Crippen LogP contribution < -0.4 is 6.15 Å². The molecule has 0 radical (unpaired) electrons. The zero-order valence-corrected chi connectivity index (χ0v) is 10.4. The van der Waals surface area contributed by atoms with Gasteiger partial charge < -0.3 is 26.6 Å². The fourth-order valence-electron chi connectivity index (χ4n) is 0. The predicted molar refractivity (Wildman–Crippen MR) is 41.7 cm³/mol. The fourth-order valence-corrected chi connectivity index (χ4v) is 0. The van der Waals surface area contributed by atoms with Crippen molar-refractivity contribution in [2.75, 3.05) is 0 Å². The van der Waals surface area contributed by atoms with E-state index in [1.807, 2.05) is 0 Å². The summed E-state index contributed by atoms with van der Waals surface area (Å²) in [4.78, 5) is 36.4. The van der Waals surface area contributed by atoms with E-state index in [1.54, 1.807) is 0 Å². The second kappa shape index (κ2) is 14.3. The van der Waals surface area contributed by atoms with Gasteiger partial charge in [-0.15, -0.1) is 0 Å². The van der Waals surface area contributed by atoms with Gasteiger partial charge in [-0.05, 0) is 0 Å². The number of carboxylic acids is 4. The molecule has 0 rings (SSSR count). The third kappa shape index (κ3) is 54.5. The van der Waals surface area contributed by atoms with Crippen LogP contribution in [0.25, 0.3) is 0 Å². The third-order valence-corrected chi connectivity index (χ3v) is 0.366. The molecule has 0 unspecified atom stereocenters. The molecule has 0 fully saturated rings. The van der Waals surface area contributed by atoms with Gasteiger partial charge in [0.2, 0.25) is 0 Å². The molecule has 101 valence electrons. The van der Waals surface area contributed by atoms with Gasteiger partial charge in [0.25, 0.3) is 0 Å². The minimum atomic E-state index is -3.70. The van der Waals surface area contributed by atoms with Crippen LogP contribution in [0.1, 0.15) is 0 Å². The molecule has 0 aliphatic rings. The number of rotatable bonds is 0. The molecule has 0 aliphatic carbocycles. The van der Waals surface area contributed by atoms with Crippen molar-refractivity contribution in [2.45, 2.75) is 0 Å². The normalized spacial score (nSPS) is 6.71. The van der Waals surface area contributed by atoms with Gasteiger partial charge in [0.15, 0.2) is 0 Å². The van der Waals surface area contributed by atoms with E-state index in [-0.39, 0.29) is 6.15 Å². The first-order valence-corrected chi connectivity index (χ1v) is 5.66. The summed E-state index contributed by atoms with van der Waals surface area (Å²) in [6.45, 7) is 0. The summed E-state index contributed by atoms with van der Waals surface area (Å²) in [6.07, 6.45) is 0. The molecule has 0 heterocycles. The van der Waals surface area contributed by atoms with Crippen LogP contribution in [-0.4, -0.2) is 51.5 Å². The summed E-state index contributed by atoms with van der Waals surface area (Å²) < 4.78 is 23.3.